The van der Waals surface area contributed by atoms with E-state index in [-0.39, 0.29) is 70.4 Å². The van der Waals surface area contributed by atoms with Crippen molar-refractivity contribution in [3.8, 4) is 11.1 Å². The van der Waals surface area contributed by atoms with Gasteiger partial charge in [-0.3, -0.25) is 14.0 Å². The van der Waals surface area contributed by atoms with Crippen LogP contribution in [0.5, 0.6) is 0 Å². The molecule has 2 aromatic heterocycles. The first-order chi connectivity index (χ1) is 21.9. The maximum Gasteiger partial charge on any atom is 0.417 e. The van der Waals surface area contributed by atoms with E-state index in [0.29, 0.717) is 22.7 Å². The van der Waals surface area contributed by atoms with Gasteiger partial charge in [0.15, 0.2) is 0 Å². The van der Waals surface area contributed by atoms with Crippen LogP contribution in [-0.4, -0.2) is 85.6 Å². The van der Waals surface area contributed by atoms with Crippen LogP contribution in [0, 0.1) is 5.82 Å². The third-order valence-corrected chi connectivity index (χ3v) is 10.7. The van der Waals surface area contributed by atoms with Gasteiger partial charge < -0.3 is 14.7 Å². The highest BCUT2D eigenvalue weighted by molar-refractivity contribution is 7.99. The van der Waals surface area contributed by atoms with Gasteiger partial charge in [0.1, 0.15) is 11.6 Å². The van der Waals surface area contributed by atoms with Crippen molar-refractivity contribution in [2.45, 2.75) is 49.5 Å². The molecule has 5 heterocycles. The number of hydrogen-bond donors (Lipinski definition) is 0. The Labute approximate surface area is 266 Å². The number of alkyl halides is 3. The fourth-order valence-corrected chi connectivity index (χ4v) is 8.43. The van der Waals surface area contributed by atoms with Crippen molar-refractivity contribution in [1.82, 2.24) is 29.1 Å². The number of fused-ring (bicyclic) bond motifs is 1. The molecule has 0 saturated carbocycles. The van der Waals surface area contributed by atoms with Crippen LogP contribution < -0.4 is 10.6 Å². The second-order valence-electron chi connectivity index (χ2n) is 12.4. The van der Waals surface area contributed by atoms with Gasteiger partial charge in [-0.05, 0) is 57.6 Å². The smallest absolute Gasteiger partial charge is 0.349 e. The van der Waals surface area contributed by atoms with Crippen molar-refractivity contribution in [3.05, 3.63) is 58.9 Å². The summed E-state index contributed by atoms with van der Waals surface area (Å²) < 4.78 is 63.4. The van der Waals surface area contributed by atoms with Gasteiger partial charge in [-0.2, -0.15) is 23.3 Å². The highest BCUT2D eigenvalue weighted by atomic mass is 32.2. The number of halogens is 4. The lowest BCUT2D eigenvalue weighted by molar-refractivity contribution is -0.137. The first-order valence-electron chi connectivity index (χ1n) is 15.2. The quantitative estimate of drug-likeness (QED) is 0.220. The van der Waals surface area contributed by atoms with Gasteiger partial charge in [0.25, 0.3) is 0 Å². The molecule has 0 radical (unpaired) electrons. The molecular formula is C32H33F4N7O2S. The summed E-state index contributed by atoms with van der Waals surface area (Å²) in [5.74, 6) is -0.287. The molecule has 0 N–H and O–H groups in total. The largest absolute Gasteiger partial charge is 0.417 e. The van der Waals surface area contributed by atoms with E-state index in [1.165, 1.54) is 34.8 Å². The molecule has 14 heteroatoms. The topological polar surface area (TPSA) is 79.5 Å². The number of piperazine rings is 1. The molecule has 242 valence electrons. The molecule has 1 unspecified atom stereocenters. The van der Waals surface area contributed by atoms with Crippen molar-refractivity contribution >= 4 is 45.3 Å². The molecule has 7 rings (SSSR count). The molecular weight excluding hydrogens is 622 g/mol. The fraction of sp³-hybridized carbons (Fsp3) is 0.438. The zero-order valence-corrected chi connectivity index (χ0v) is 26.5. The van der Waals surface area contributed by atoms with E-state index in [9.17, 15) is 14.0 Å². The maximum absolute atomic E-state index is 15.2. The van der Waals surface area contributed by atoms with Crippen LogP contribution in [0.15, 0.2) is 46.7 Å². The normalized spacial score (nSPS) is 22.0. The van der Waals surface area contributed by atoms with Crippen LogP contribution in [-0.2, 0) is 18.0 Å². The lowest BCUT2D eigenvalue weighted by Crippen LogP contribution is -2.58. The van der Waals surface area contributed by atoms with Gasteiger partial charge in [-0.15, -0.1) is 11.8 Å². The van der Waals surface area contributed by atoms with E-state index in [4.69, 9.17) is 0 Å². The first kappa shape index (κ1) is 30.7. The number of thioether (sulfide) groups is 1. The molecule has 9 nitrogen and oxygen atoms in total. The summed E-state index contributed by atoms with van der Waals surface area (Å²) in [7, 11) is 1.57. The highest BCUT2D eigenvalue weighted by Crippen LogP contribution is 2.51. The minimum Gasteiger partial charge on any atom is -0.349 e. The summed E-state index contributed by atoms with van der Waals surface area (Å²) in [5, 5.41) is 4.48. The SMILES string of the molecule is C=CC(=O)N1C[C@H](C)N(c2nc(=O)n3c4c(c(-c5ccc(F)c6cnn(C)c56)c(C(F)(F)F)cc24)SCC3CN2CCC2)C[C@H]1C. The zero-order chi connectivity index (χ0) is 32.7. The Morgan fingerprint density at radius 1 is 1.13 bits per heavy atom. The number of hydrogen-bond acceptors (Lipinski definition) is 7. The Morgan fingerprint density at radius 3 is 2.57 bits per heavy atom. The van der Waals surface area contributed by atoms with Gasteiger partial charge in [0.05, 0.1) is 34.2 Å². The molecule has 3 aliphatic heterocycles. The Balaban J connectivity index is 1.53. The summed E-state index contributed by atoms with van der Waals surface area (Å²) in [4.78, 5) is 37.1. The molecule has 1 amide bonds. The summed E-state index contributed by atoms with van der Waals surface area (Å²) in [5.41, 5.74) is -0.719. The van der Waals surface area contributed by atoms with Crippen LogP contribution in [0.25, 0.3) is 32.9 Å². The maximum atomic E-state index is 15.2. The molecule has 0 bridgehead atoms. The van der Waals surface area contributed by atoms with Gasteiger partial charge in [0, 0.05) is 65.9 Å². The fourth-order valence-electron chi connectivity index (χ4n) is 7.10. The third-order valence-electron chi connectivity index (χ3n) is 9.49. The molecule has 3 aliphatic rings. The van der Waals surface area contributed by atoms with Crippen LogP contribution in [0.2, 0.25) is 0 Å². The van der Waals surface area contributed by atoms with Gasteiger partial charge in [-0.25, -0.2) is 9.18 Å². The minimum atomic E-state index is -4.79. The number of rotatable bonds is 5. The average Bonchev–Trinajstić information content (AvgIpc) is 3.39. The van der Waals surface area contributed by atoms with Crippen LogP contribution >= 0.6 is 11.8 Å². The number of benzene rings is 2. The van der Waals surface area contributed by atoms with Crippen molar-refractivity contribution in [2.75, 3.05) is 43.4 Å². The second kappa shape index (κ2) is 11.1. The predicted molar refractivity (Wildman–Crippen MR) is 170 cm³/mol. The first-order valence-corrected chi connectivity index (χ1v) is 16.2. The standard InChI is InChI=1S/C32H33F4N7O2S/c1-5-25(44)41-13-18(3)42(14-17(41)2)30-21-11-23(32(34,35)36)26(20-7-8-24(33)22-12-37-39(4)27(20)22)29-28(21)43(31(45)38-30)19(16-46-29)15-40-9-6-10-40/h5,7-8,11-12,17-19H,1,6,9-10,13-16H2,2-4H3/t17-,18+,19?/m1/s1. The molecule has 2 fully saturated rings. The number of nitrogens with zero attached hydrogens (tertiary/aromatic N) is 7. The van der Waals surface area contributed by atoms with Crippen molar-refractivity contribution in [1.29, 1.82) is 0 Å². The predicted octanol–water partition coefficient (Wildman–Crippen LogP) is 5.07. The molecule has 2 aromatic carbocycles. The van der Waals surface area contributed by atoms with Crippen molar-refractivity contribution in [2.24, 2.45) is 7.05 Å². The van der Waals surface area contributed by atoms with E-state index >= 15 is 13.2 Å². The second-order valence-corrected chi connectivity index (χ2v) is 13.4. The number of aromatic nitrogens is 4. The summed E-state index contributed by atoms with van der Waals surface area (Å²) in [6, 6.07) is 2.67. The lowest BCUT2D eigenvalue weighted by atomic mass is 9.94. The van der Waals surface area contributed by atoms with Gasteiger partial charge in [0.2, 0.25) is 5.91 Å². The van der Waals surface area contributed by atoms with E-state index in [1.54, 1.807) is 16.5 Å². The van der Waals surface area contributed by atoms with E-state index < -0.39 is 23.2 Å². The zero-order valence-electron chi connectivity index (χ0n) is 25.6. The van der Waals surface area contributed by atoms with Gasteiger partial charge in [-0.1, -0.05) is 6.58 Å². The lowest BCUT2D eigenvalue weighted by Gasteiger charge is -2.45. The van der Waals surface area contributed by atoms with Crippen LogP contribution in [0.1, 0.15) is 31.9 Å². The monoisotopic (exact) mass is 655 g/mol. The van der Waals surface area contributed by atoms with Crippen molar-refractivity contribution in [3.63, 3.8) is 0 Å². The van der Waals surface area contributed by atoms with Crippen molar-refractivity contribution < 1.29 is 22.4 Å². The van der Waals surface area contributed by atoms with E-state index in [0.717, 1.165) is 31.6 Å². The number of aryl methyl sites for hydroxylation is 1. The Kier molecular flexibility index (Phi) is 7.42. The van der Waals surface area contributed by atoms with Crippen LogP contribution in [0.3, 0.4) is 0 Å². The number of amides is 1. The Bertz CT molecular complexity index is 1970. The summed E-state index contributed by atoms with van der Waals surface area (Å²) in [6.07, 6.45) is -1.19. The Hall–Kier alpha value is -3.91. The van der Waals surface area contributed by atoms with E-state index in [2.05, 4.69) is 21.6 Å². The van der Waals surface area contributed by atoms with E-state index in [1.807, 2.05) is 18.7 Å². The molecule has 0 aliphatic carbocycles. The Morgan fingerprint density at radius 2 is 1.89 bits per heavy atom. The molecule has 2 saturated heterocycles. The molecule has 3 atom stereocenters. The summed E-state index contributed by atoms with van der Waals surface area (Å²) >= 11 is 1.29. The van der Waals surface area contributed by atoms with Gasteiger partial charge >= 0.3 is 11.9 Å². The number of carbonyl (C=O) groups excluding carboxylic acids is 1. The number of carbonyl (C=O) groups is 1. The third kappa shape index (κ3) is 4.79. The summed E-state index contributed by atoms with van der Waals surface area (Å²) in [6.45, 7) is 10.2. The highest BCUT2D eigenvalue weighted by Gasteiger charge is 2.41. The number of likely N-dealkylation sites (tertiary alicyclic amines) is 1. The van der Waals surface area contributed by atoms with Crippen LogP contribution in [0.4, 0.5) is 23.4 Å². The average molecular weight is 656 g/mol. The minimum absolute atomic E-state index is 0.103. The molecule has 0 spiro atoms. The molecule has 46 heavy (non-hydrogen) atoms. The number of anilines is 1. The molecule has 4 aromatic rings.